The van der Waals surface area contributed by atoms with Crippen molar-refractivity contribution in [2.75, 3.05) is 83.8 Å². The van der Waals surface area contributed by atoms with E-state index >= 15 is 0 Å². The maximum absolute atomic E-state index is 6.01. The van der Waals surface area contributed by atoms with Crippen LogP contribution in [0.2, 0.25) is 75.0 Å². The molecule has 73 heavy (non-hydrogen) atoms. The molecule has 4 aliphatic rings. The molecule has 36 heteroatoms. The zero-order chi connectivity index (χ0) is 56.2. The first-order valence-corrected chi connectivity index (χ1v) is 53.4. The van der Waals surface area contributed by atoms with Gasteiger partial charge >= 0.3 is 104 Å². The average Bonchev–Trinajstić information content (AvgIpc) is 3.36. The molecule has 0 aromatic carbocycles. The van der Waals surface area contributed by atoms with Crippen LogP contribution >= 0.6 is 0 Å². The summed E-state index contributed by atoms with van der Waals surface area (Å²) < 4.78 is 114. The van der Waals surface area contributed by atoms with Crippen LogP contribution in [0.25, 0.3) is 0 Å². The lowest BCUT2D eigenvalue weighted by Crippen LogP contribution is -2.93. The molecule has 4 saturated heterocycles. The van der Waals surface area contributed by atoms with Crippen molar-refractivity contribution in [1.29, 1.82) is 0 Å². The van der Waals surface area contributed by atoms with Gasteiger partial charge in [0.15, 0.2) is 0 Å². The Kier molecular flexibility index (Phi) is 31.6. The smallest absolute Gasteiger partial charge is 0.343 e. The Balaban J connectivity index is 0.000000489. The molecule has 24 nitrogen and oxygen atoms in total. The maximum atomic E-state index is 6.01. The van der Waals surface area contributed by atoms with Crippen molar-refractivity contribution >= 4 is 104 Å². The van der Waals surface area contributed by atoms with Gasteiger partial charge in [0.2, 0.25) is 0 Å². The number of rotatable bonds is 25. The van der Waals surface area contributed by atoms with E-state index in [1.165, 1.54) is 0 Å². The largest absolute Gasteiger partial charge is 0.396 e. The van der Waals surface area contributed by atoms with Gasteiger partial charge in [0.05, 0.1) is 0 Å². The van der Waals surface area contributed by atoms with Crippen molar-refractivity contribution in [2.45, 2.75) is 164 Å². The predicted molar refractivity (Wildman–Crippen MR) is 321 cm³/mol. The van der Waals surface area contributed by atoms with E-state index in [9.17, 15) is 0 Å². The van der Waals surface area contributed by atoms with E-state index in [-0.39, 0.29) is 0 Å². The van der Waals surface area contributed by atoms with Crippen molar-refractivity contribution < 1.29 is 53.1 Å². The van der Waals surface area contributed by atoms with Crippen LogP contribution in [0.3, 0.4) is 0 Å². The Morgan fingerprint density at radius 1 is 0.233 bits per heavy atom. The standard InChI is InChI=1S/C12H33N3O3Si3.2C9H27N3O3Si3.C7H23N3O3Si3/c1-7-10-19(16-4)13-20(17-5,11-8-2)15-21(14-19,18-6)12-9-3;1-7-13-16(4)10-17(5,14-8-2)12-18(6,11-16)15-9-3;1-7-16(13-4)10-17(8-2,14-5)12-18(9-3,11-16)15-6;1-7-16(13-4)9-14(5,11-2)8-15(6,10-16)12-3/h13-15H,7-12H2,1-6H3;2*10-12H,7-9H2,1-6H3;8-10H,7H2,1-6H3. The van der Waals surface area contributed by atoms with Gasteiger partial charge in [-0.1, -0.05) is 67.7 Å². The molecule has 0 aliphatic carbocycles. The fourth-order valence-electron chi connectivity index (χ4n) is 9.95. The first-order chi connectivity index (χ1) is 34.1. The molecular formula is C37H110N12O12Si12. The molecule has 4 fully saturated rings. The van der Waals surface area contributed by atoms with E-state index in [0.717, 1.165) is 61.6 Å². The lowest BCUT2D eigenvalue weighted by molar-refractivity contribution is 0.263. The third-order valence-corrected chi connectivity index (χ3v) is 72.0. The summed E-state index contributed by atoms with van der Waals surface area (Å²) in [5, 5.41) is 0. The molecule has 0 aromatic rings. The fraction of sp³-hybridized carbons (Fsp3) is 1.00. The second-order valence-corrected chi connectivity index (χ2v) is 62.0. The first-order valence-electron chi connectivity index (χ1n) is 26.5. The zero-order valence-corrected chi connectivity index (χ0v) is 62.1. The summed E-state index contributed by atoms with van der Waals surface area (Å²) in [7, 11) is -10.2. The Morgan fingerprint density at radius 3 is 0.589 bits per heavy atom. The van der Waals surface area contributed by atoms with Gasteiger partial charge < -0.3 is 53.1 Å². The second kappa shape index (κ2) is 31.7. The Morgan fingerprint density at radius 2 is 0.425 bits per heavy atom. The van der Waals surface area contributed by atoms with E-state index < -0.39 is 104 Å². The minimum absolute atomic E-state index is 0.690. The minimum atomic E-state index is -2.23. The highest BCUT2D eigenvalue weighted by molar-refractivity contribution is 7.03. The van der Waals surface area contributed by atoms with Gasteiger partial charge in [0.1, 0.15) is 0 Å². The molecule has 2 unspecified atom stereocenters. The van der Waals surface area contributed by atoms with E-state index in [1.807, 2.05) is 42.1 Å². The molecule has 0 aromatic heterocycles. The van der Waals surface area contributed by atoms with E-state index in [0.29, 0.717) is 19.8 Å². The van der Waals surface area contributed by atoms with Gasteiger partial charge in [0.25, 0.3) is 0 Å². The highest BCUT2D eigenvalue weighted by Crippen LogP contribution is 2.26. The molecule has 2 atom stereocenters. The fourth-order valence-corrected chi connectivity index (χ4v) is 79.4. The molecule has 0 bridgehead atoms. The monoisotopic (exact) mass is 1250 g/mol. The molecule has 4 rings (SSSR count). The van der Waals surface area contributed by atoms with Gasteiger partial charge in [-0.05, 0) is 95.8 Å². The molecule has 4 aliphatic heterocycles. The highest BCUT2D eigenvalue weighted by atomic mass is 28.5. The zero-order valence-electron chi connectivity index (χ0n) is 50.1. The van der Waals surface area contributed by atoms with Gasteiger partial charge in [-0.25, -0.2) is 0 Å². The quantitative estimate of drug-likeness (QED) is 0.0587. The molecule has 438 valence electrons. The van der Waals surface area contributed by atoms with Crippen molar-refractivity contribution in [2.24, 2.45) is 0 Å². The van der Waals surface area contributed by atoms with Crippen LogP contribution in [0, 0.1) is 0 Å². The summed E-state index contributed by atoms with van der Waals surface area (Å²) in [4.78, 5) is 0. The predicted octanol–water partition coefficient (Wildman–Crippen LogP) is 2.73. The molecule has 0 saturated carbocycles. The van der Waals surface area contributed by atoms with Gasteiger partial charge in [-0.3, -0.25) is 55.8 Å². The van der Waals surface area contributed by atoms with Gasteiger partial charge in [0, 0.05) is 83.8 Å². The molecule has 0 spiro atoms. The summed E-state index contributed by atoms with van der Waals surface area (Å²) in [5.41, 5.74) is 0. The summed E-state index contributed by atoms with van der Waals surface area (Å²) >= 11 is 0. The average molecular weight is 1250 g/mol. The third-order valence-electron chi connectivity index (χ3n) is 13.6. The van der Waals surface area contributed by atoms with Crippen molar-refractivity contribution in [3.05, 3.63) is 0 Å². The summed E-state index contributed by atoms with van der Waals surface area (Å²) in [6, 6.07) is 6.84. The first kappa shape index (κ1) is 72.7. The number of nitrogens with one attached hydrogen (secondary N) is 12. The normalized spacial score (nSPS) is 40.6. The van der Waals surface area contributed by atoms with E-state index in [1.54, 1.807) is 42.7 Å². The van der Waals surface area contributed by atoms with Crippen molar-refractivity contribution in [1.82, 2.24) is 55.8 Å². The summed E-state index contributed by atoms with van der Waals surface area (Å²) in [6.07, 6.45) is 3.25. The summed E-state index contributed by atoms with van der Waals surface area (Å²) in [5.74, 6) is 0. The Bertz CT molecular complexity index is 1390. The molecule has 4 heterocycles. The molecular weight excluding hydrogens is 1140 g/mol. The molecule has 0 radical (unpaired) electrons. The summed E-state index contributed by atoms with van der Waals surface area (Å²) in [6.45, 7) is 33.9. The lowest BCUT2D eigenvalue weighted by atomic mass is 10.6. The van der Waals surface area contributed by atoms with Crippen LogP contribution in [0.1, 0.15) is 88.5 Å². The van der Waals surface area contributed by atoms with Crippen molar-refractivity contribution in [3.63, 3.8) is 0 Å². The van der Waals surface area contributed by atoms with Gasteiger partial charge in [-0.15, -0.1) is 0 Å². The van der Waals surface area contributed by atoms with E-state index in [4.69, 9.17) is 53.1 Å². The minimum Gasteiger partial charge on any atom is -0.396 e. The van der Waals surface area contributed by atoms with Gasteiger partial charge in [-0.2, -0.15) is 0 Å². The maximum Gasteiger partial charge on any atom is 0.343 e. The van der Waals surface area contributed by atoms with Crippen LogP contribution in [0.4, 0.5) is 0 Å². The van der Waals surface area contributed by atoms with Crippen LogP contribution in [-0.4, -0.2) is 187 Å². The highest BCUT2D eigenvalue weighted by Gasteiger charge is 2.62. The van der Waals surface area contributed by atoms with Crippen LogP contribution < -0.4 is 55.8 Å². The molecule has 0 amide bonds. The van der Waals surface area contributed by atoms with Crippen LogP contribution in [0.15, 0.2) is 0 Å². The van der Waals surface area contributed by atoms with E-state index in [2.05, 4.69) is 137 Å². The lowest BCUT2D eigenvalue weighted by Gasteiger charge is -2.52. The number of hydrogen-bond donors (Lipinski definition) is 12. The van der Waals surface area contributed by atoms with Crippen molar-refractivity contribution in [3.8, 4) is 0 Å². The number of hydrogen-bond acceptors (Lipinski definition) is 24. The van der Waals surface area contributed by atoms with Crippen LogP contribution in [-0.2, 0) is 53.1 Å². The Hall–Kier alpha value is 1.64. The topological polar surface area (TPSA) is 255 Å². The third kappa shape index (κ3) is 20.2. The molecule has 12 N–H and O–H groups in total. The second-order valence-electron chi connectivity index (χ2n) is 19.3. The SMILES string of the molecule is CCC[Si]1(OC)N[Si](CCC)(OC)N[Si](CCC)(OC)N1.CCO[Si]1(C)N[Si](C)(OCC)N[Si](C)(OCC)N1.CC[Si]1(OC)N[Si](C)(OC)N[Si](C)(OC)N1.CC[Si]1(OC)N[Si](CC)(OC)N[Si](CC)(OC)N1. The Labute approximate surface area is 457 Å². The van der Waals surface area contributed by atoms with Crippen LogP contribution in [0.5, 0.6) is 0 Å².